The van der Waals surface area contributed by atoms with Crippen LogP contribution < -0.4 is 5.32 Å². The molecule has 2 aromatic rings. The van der Waals surface area contributed by atoms with Crippen molar-refractivity contribution < 1.29 is 0 Å². The fraction of sp³-hybridized carbons (Fsp3) is 0.462. The highest BCUT2D eigenvalue weighted by molar-refractivity contribution is 7.11. The molecule has 0 unspecified atom stereocenters. The van der Waals surface area contributed by atoms with E-state index in [9.17, 15) is 0 Å². The molecule has 5 heteroatoms. The van der Waals surface area contributed by atoms with E-state index in [0.29, 0.717) is 0 Å². The number of nitrogens with one attached hydrogen (secondary N) is 1. The second-order valence-corrected chi connectivity index (χ2v) is 6.32. The van der Waals surface area contributed by atoms with Crippen molar-refractivity contribution in [2.24, 2.45) is 0 Å². The predicted molar refractivity (Wildman–Crippen MR) is 73.4 cm³/mol. The van der Waals surface area contributed by atoms with Crippen LogP contribution in [0.4, 0.5) is 0 Å². The van der Waals surface area contributed by atoms with Crippen molar-refractivity contribution in [1.82, 2.24) is 20.5 Å². The molecule has 0 amide bonds. The van der Waals surface area contributed by atoms with Crippen LogP contribution in [-0.4, -0.2) is 15.2 Å². The van der Waals surface area contributed by atoms with E-state index in [1.54, 1.807) is 17.5 Å². The smallest absolute Gasteiger partial charge is 0.0981 e. The summed E-state index contributed by atoms with van der Waals surface area (Å²) in [6.07, 6.45) is 3.64. The standard InChI is InChI=1S/C13H18N4S/c1-13(2,3)12-15-9-11(18-12)8-14-7-10-5-4-6-16-17-10/h4-6,9,14H,7-8H2,1-3H3. The molecule has 0 aromatic carbocycles. The first-order chi connectivity index (χ1) is 8.55. The lowest BCUT2D eigenvalue weighted by Crippen LogP contribution is -2.13. The van der Waals surface area contributed by atoms with E-state index in [1.165, 1.54) is 9.88 Å². The highest BCUT2D eigenvalue weighted by Crippen LogP contribution is 2.26. The molecular formula is C13H18N4S. The van der Waals surface area contributed by atoms with Crippen LogP contribution in [0.5, 0.6) is 0 Å². The lowest BCUT2D eigenvalue weighted by atomic mass is 9.98. The van der Waals surface area contributed by atoms with Gasteiger partial charge in [-0.05, 0) is 12.1 Å². The van der Waals surface area contributed by atoms with Crippen molar-refractivity contribution in [2.75, 3.05) is 0 Å². The van der Waals surface area contributed by atoms with Crippen LogP contribution in [0.15, 0.2) is 24.5 Å². The minimum atomic E-state index is 0.133. The van der Waals surface area contributed by atoms with Crippen molar-refractivity contribution in [2.45, 2.75) is 39.3 Å². The summed E-state index contributed by atoms with van der Waals surface area (Å²) in [4.78, 5) is 5.72. The van der Waals surface area contributed by atoms with Crippen molar-refractivity contribution in [3.05, 3.63) is 40.1 Å². The number of hydrogen-bond donors (Lipinski definition) is 1. The third-order valence-corrected chi connectivity index (χ3v) is 3.85. The predicted octanol–water partition coefficient (Wildman–Crippen LogP) is 2.52. The van der Waals surface area contributed by atoms with Gasteiger partial charge in [0.2, 0.25) is 0 Å². The minimum Gasteiger partial charge on any atom is -0.306 e. The lowest BCUT2D eigenvalue weighted by Gasteiger charge is -2.13. The summed E-state index contributed by atoms with van der Waals surface area (Å²) in [6.45, 7) is 8.11. The number of thiazole rings is 1. The maximum absolute atomic E-state index is 4.46. The van der Waals surface area contributed by atoms with E-state index in [-0.39, 0.29) is 5.41 Å². The molecule has 0 aliphatic rings. The van der Waals surface area contributed by atoms with Crippen LogP contribution in [-0.2, 0) is 18.5 Å². The largest absolute Gasteiger partial charge is 0.306 e. The molecule has 0 bridgehead atoms. The Morgan fingerprint density at radius 1 is 1.28 bits per heavy atom. The molecule has 0 aliphatic heterocycles. The van der Waals surface area contributed by atoms with Crippen LogP contribution >= 0.6 is 11.3 Å². The Labute approximate surface area is 111 Å². The van der Waals surface area contributed by atoms with Crippen LogP contribution in [0.3, 0.4) is 0 Å². The zero-order valence-electron chi connectivity index (χ0n) is 11.0. The van der Waals surface area contributed by atoms with Gasteiger partial charge in [-0.3, -0.25) is 0 Å². The summed E-state index contributed by atoms with van der Waals surface area (Å²) < 4.78 is 0. The quantitative estimate of drug-likeness (QED) is 0.920. The van der Waals surface area contributed by atoms with Crippen molar-refractivity contribution in [3.8, 4) is 0 Å². The van der Waals surface area contributed by atoms with Crippen LogP contribution in [0.1, 0.15) is 36.3 Å². The topological polar surface area (TPSA) is 50.7 Å². The van der Waals surface area contributed by atoms with Gasteiger partial charge < -0.3 is 5.32 Å². The molecule has 4 nitrogen and oxygen atoms in total. The average Bonchev–Trinajstić information content (AvgIpc) is 2.79. The lowest BCUT2D eigenvalue weighted by molar-refractivity contribution is 0.585. The molecule has 18 heavy (non-hydrogen) atoms. The van der Waals surface area contributed by atoms with E-state index in [4.69, 9.17) is 0 Å². The van der Waals surface area contributed by atoms with E-state index >= 15 is 0 Å². The molecule has 0 saturated heterocycles. The fourth-order valence-electron chi connectivity index (χ4n) is 1.48. The Morgan fingerprint density at radius 2 is 2.11 bits per heavy atom. The monoisotopic (exact) mass is 262 g/mol. The van der Waals surface area contributed by atoms with Gasteiger partial charge in [-0.1, -0.05) is 20.8 Å². The van der Waals surface area contributed by atoms with E-state index in [1.807, 2.05) is 18.3 Å². The molecule has 96 valence electrons. The molecule has 2 rings (SSSR count). The summed E-state index contributed by atoms with van der Waals surface area (Å²) in [5, 5.41) is 12.4. The van der Waals surface area contributed by atoms with Gasteiger partial charge in [0.15, 0.2) is 0 Å². The first-order valence-electron chi connectivity index (χ1n) is 5.98. The zero-order chi connectivity index (χ0) is 13.0. The van der Waals surface area contributed by atoms with Gasteiger partial charge in [-0.2, -0.15) is 10.2 Å². The van der Waals surface area contributed by atoms with Crippen LogP contribution in [0.2, 0.25) is 0 Å². The molecule has 2 aromatic heterocycles. The minimum absolute atomic E-state index is 0.133. The van der Waals surface area contributed by atoms with E-state index in [2.05, 4.69) is 41.3 Å². The van der Waals surface area contributed by atoms with Gasteiger partial charge in [0.05, 0.1) is 10.7 Å². The highest BCUT2D eigenvalue weighted by atomic mass is 32.1. The first kappa shape index (κ1) is 13.1. The summed E-state index contributed by atoms with van der Waals surface area (Å²) in [5.41, 5.74) is 1.09. The van der Waals surface area contributed by atoms with Crippen molar-refractivity contribution in [1.29, 1.82) is 0 Å². The van der Waals surface area contributed by atoms with Crippen molar-refractivity contribution >= 4 is 11.3 Å². The Morgan fingerprint density at radius 3 is 2.72 bits per heavy atom. The number of hydrogen-bond acceptors (Lipinski definition) is 5. The highest BCUT2D eigenvalue weighted by Gasteiger charge is 2.17. The number of nitrogens with zero attached hydrogens (tertiary/aromatic N) is 3. The molecule has 2 heterocycles. The number of aromatic nitrogens is 3. The normalized spacial score (nSPS) is 11.7. The summed E-state index contributed by atoms with van der Waals surface area (Å²) in [5.74, 6) is 0. The first-order valence-corrected chi connectivity index (χ1v) is 6.80. The zero-order valence-corrected chi connectivity index (χ0v) is 11.8. The van der Waals surface area contributed by atoms with Crippen LogP contribution in [0.25, 0.3) is 0 Å². The van der Waals surface area contributed by atoms with Gasteiger partial charge in [-0.15, -0.1) is 11.3 Å². The van der Waals surface area contributed by atoms with Gasteiger partial charge in [0.25, 0.3) is 0 Å². The molecule has 0 aliphatic carbocycles. The molecule has 0 radical (unpaired) electrons. The molecule has 0 saturated carbocycles. The fourth-order valence-corrected chi connectivity index (χ4v) is 2.42. The summed E-state index contributed by atoms with van der Waals surface area (Å²) in [7, 11) is 0. The second kappa shape index (κ2) is 5.54. The molecular weight excluding hydrogens is 244 g/mol. The Hall–Kier alpha value is -1.33. The summed E-state index contributed by atoms with van der Waals surface area (Å²) >= 11 is 1.77. The Bertz CT molecular complexity index is 487. The van der Waals surface area contributed by atoms with Crippen molar-refractivity contribution in [3.63, 3.8) is 0 Å². The van der Waals surface area contributed by atoms with Gasteiger partial charge in [0, 0.05) is 35.8 Å². The third-order valence-electron chi connectivity index (χ3n) is 2.43. The van der Waals surface area contributed by atoms with E-state index < -0.39 is 0 Å². The Balaban J connectivity index is 1.86. The van der Waals surface area contributed by atoms with E-state index in [0.717, 1.165) is 18.8 Å². The maximum Gasteiger partial charge on any atom is 0.0981 e. The summed E-state index contributed by atoms with van der Waals surface area (Å²) in [6, 6.07) is 3.86. The Kier molecular flexibility index (Phi) is 4.04. The number of rotatable bonds is 4. The molecule has 0 spiro atoms. The maximum atomic E-state index is 4.46. The third kappa shape index (κ3) is 3.58. The van der Waals surface area contributed by atoms with Gasteiger partial charge in [-0.25, -0.2) is 4.98 Å². The second-order valence-electron chi connectivity index (χ2n) is 5.20. The SMILES string of the molecule is CC(C)(C)c1ncc(CNCc2cccnn2)s1. The van der Waals surface area contributed by atoms with Gasteiger partial charge >= 0.3 is 0 Å². The van der Waals surface area contributed by atoms with Crippen LogP contribution in [0, 0.1) is 0 Å². The van der Waals surface area contributed by atoms with Gasteiger partial charge in [0.1, 0.15) is 0 Å². The molecule has 0 fully saturated rings. The molecule has 1 N–H and O–H groups in total. The molecule has 0 atom stereocenters. The average molecular weight is 262 g/mol.